The molecule has 0 amide bonds. The molecule has 1 N–H and O–H groups in total. The van der Waals surface area contributed by atoms with E-state index in [0.717, 1.165) is 23.4 Å². The Bertz CT molecular complexity index is 1110. The Labute approximate surface area is 183 Å². The first-order valence-electron chi connectivity index (χ1n) is 10.8. The smallest absolute Gasteiger partial charge is 0.243 e. The van der Waals surface area contributed by atoms with E-state index in [0.29, 0.717) is 43.0 Å². The molecule has 3 atom stereocenters. The van der Waals surface area contributed by atoms with Crippen LogP contribution in [0.4, 0.5) is 5.69 Å². The quantitative estimate of drug-likeness (QED) is 0.732. The molecule has 1 aliphatic carbocycles. The Balaban J connectivity index is 1.48. The summed E-state index contributed by atoms with van der Waals surface area (Å²) >= 11 is 0. The summed E-state index contributed by atoms with van der Waals surface area (Å²) in [6.07, 6.45) is 5.56. The molecule has 6 nitrogen and oxygen atoms in total. The summed E-state index contributed by atoms with van der Waals surface area (Å²) in [4.78, 5) is 0.337. The van der Waals surface area contributed by atoms with Crippen molar-refractivity contribution in [1.82, 2.24) is 4.31 Å². The van der Waals surface area contributed by atoms with E-state index >= 15 is 0 Å². The topological polar surface area (TPSA) is 67.9 Å². The number of ether oxygens (including phenoxy) is 2. The normalized spacial score (nSPS) is 25.5. The van der Waals surface area contributed by atoms with Gasteiger partial charge in [-0.25, -0.2) is 8.42 Å². The lowest BCUT2D eigenvalue weighted by Gasteiger charge is -2.39. The second kappa shape index (κ2) is 7.97. The fourth-order valence-electron chi connectivity index (χ4n) is 5.15. The van der Waals surface area contributed by atoms with Crippen molar-refractivity contribution >= 4 is 15.7 Å². The van der Waals surface area contributed by atoms with E-state index in [1.807, 2.05) is 18.2 Å². The Morgan fingerprint density at radius 3 is 2.55 bits per heavy atom. The number of nitrogens with one attached hydrogen (secondary N) is 1. The van der Waals surface area contributed by atoms with E-state index in [1.54, 1.807) is 19.2 Å². The molecule has 164 valence electrons. The third-order valence-corrected chi connectivity index (χ3v) is 8.68. The number of rotatable bonds is 4. The van der Waals surface area contributed by atoms with Crippen molar-refractivity contribution in [3.8, 4) is 5.75 Å². The van der Waals surface area contributed by atoms with Crippen molar-refractivity contribution in [3.63, 3.8) is 0 Å². The first-order chi connectivity index (χ1) is 15.0. The molecule has 1 fully saturated rings. The minimum Gasteiger partial charge on any atom is -0.495 e. The fraction of sp³-hybridized carbons (Fsp3) is 0.417. The van der Waals surface area contributed by atoms with Crippen LogP contribution in [0.15, 0.2) is 53.4 Å². The number of benzene rings is 2. The van der Waals surface area contributed by atoms with Gasteiger partial charge in [0.1, 0.15) is 5.75 Å². The molecule has 2 aliphatic heterocycles. The van der Waals surface area contributed by atoms with Gasteiger partial charge in [0.05, 0.1) is 36.9 Å². The number of nitrogens with zero attached hydrogens (tertiary/aromatic N) is 1. The van der Waals surface area contributed by atoms with Crippen molar-refractivity contribution in [2.75, 3.05) is 38.7 Å². The molecule has 0 bridgehead atoms. The lowest BCUT2D eigenvalue weighted by atomic mass is 9.75. The van der Waals surface area contributed by atoms with Gasteiger partial charge in [0.2, 0.25) is 10.0 Å². The molecule has 2 aromatic rings. The third-order valence-electron chi connectivity index (χ3n) is 6.77. The molecule has 5 rings (SSSR count). The van der Waals surface area contributed by atoms with Gasteiger partial charge >= 0.3 is 0 Å². The summed E-state index contributed by atoms with van der Waals surface area (Å²) in [5.41, 5.74) is 4.70. The zero-order valence-electron chi connectivity index (χ0n) is 17.9. The van der Waals surface area contributed by atoms with Crippen molar-refractivity contribution < 1.29 is 17.9 Å². The maximum atomic E-state index is 13.0. The average molecular weight is 441 g/mol. The molecule has 2 aromatic carbocycles. The molecule has 1 saturated heterocycles. The number of anilines is 1. The number of allylic oxidation sites excluding steroid dienone is 2. The maximum Gasteiger partial charge on any atom is 0.243 e. The van der Waals surface area contributed by atoms with Gasteiger partial charge in [-0.05, 0) is 54.2 Å². The molecule has 0 radical (unpaired) electrons. The lowest BCUT2D eigenvalue weighted by Crippen LogP contribution is -2.40. The number of hydrogen-bond donors (Lipinski definition) is 1. The van der Waals surface area contributed by atoms with Crippen LogP contribution in [0.5, 0.6) is 5.75 Å². The van der Waals surface area contributed by atoms with Crippen LogP contribution in [0.25, 0.3) is 0 Å². The monoisotopic (exact) mass is 440 g/mol. The SMILES string of the molecule is COc1ccc(C)c2c1N[C@@H](c1ccc(S(=O)(=O)N3CCOCC3)cc1)[C@H]1CC=C[C@@H]21. The second-order valence-corrected chi connectivity index (χ2v) is 10.4. The molecule has 2 heterocycles. The Morgan fingerprint density at radius 1 is 1.10 bits per heavy atom. The number of sulfonamides is 1. The van der Waals surface area contributed by atoms with Crippen LogP contribution in [0.1, 0.15) is 35.1 Å². The summed E-state index contributed by atoms with van der Waals surface area (Å²) in [7, 11) is -1.79. The van der Waals surface area contributed by atoms with Crippen LogP contribution in [-0.4, -0.2) is 46.1 Å². The van der Waals surface area contributed by atoms with Crippen molar-refractivity contribution in [2.45, 2.75) is 30.2 Å². The standard InChI is InChI=1S/C24H28N2O4S/c1-16-6-11-21(29-2)24-22(16)19-4-3-5-20(19)23(25-24)17-7-9-18(10-8-17)31(27,28)26-12-14-30-15-13-26/h3-4,6-11,19-20,23,25H,5,12-15H2,1-2H3/t19-,20+,23+/m1/s1. The summed E-state index contributed by atoms with van der Waals surface area (Å²) in [5.74, 6) is 1.56. The van der Waals surface area contributed by atoms with Gasteiger partial charge in [0, 0.05) is 19.0 Å². The van der Waals surface area contributed by atoms with Crippen LogP contribution >= 0.6 is 0 Å². The van der Waals surface area contributed by atoms with E-state index in [2.05, 4.69) is 30.5 Å². The molecule has 31 heavy (non-hydrogen) atoms. The molecule has 0 spiro atoms. The van der Waals surface area contributed by atoms with Gasteiger partial charge in [0.15, 0.2) is 0 Å². The second-order valence-electron chi connectivity index (χ2n) is 8.43. The minimum atomic E-state index is -3.49. The third kappa shape index (κ3) is 3.45. The Kier molecular flexibility index (Phi) is 5.28. The number of fused-ring (bicyclic) bond motifs is 3. The largest absolute Gasteiger partial charge is 0.495 e. The zero-order valence-corrected chi connectivity index (χ0v) is 18.7. The summed E-state index contributed by atoms with van der Waals surface area (Å²) in [6, 6.07) is 11.6. The first-order valence-corrected chi connectivity index (χ1v) is 12.2. The summed E-state index contributed by atoms with van der Waals surface area (Å²) in [5, 5.41) is 3.73. The highest BCUT2D eigenvalue weighted by molar-refractivity contribution is 7.89. The number of methoxy groups -OCH3 is 1. The fourth-order valence-corrected chi connectivity index (χ4v) is 6.56. The van der Waals surface area contributed by atoms with E-state index < -0.39 is 10.0 Å². The highest BCUT2D eigenvalue weighted by Crippen LogP contribution is 2.53. The predicted molar refractivity (Wildman–Crippen MR) is 120 cm³/mol. The van der Waals surface area contributed by atoms with E-state index in [9.17, 15) is 8.42 Å². The number of hydrogen-bond acceptors (Lipinski definition) is 5. The van der Waals surface area contributed by atoms with Gasteiger partial charge in [-0.3, -0.25) is 0 Å². The van der Waals surface area contributed by atoms with Crippen LogP contribution in [0.2, 0.25) is 0 Å². The maximum absolute atomic E-state index is 13.0. The number of aryl methyl sites for hydroxylation is 1. The highest BCUT2D eigenvalue weighted by Gasteiger charge is 2.40. The van der Waals surface area contributed by atoms with Gasteiger partial charge in [-0.2, -0.15) is 4.31 Å². The molecule has 0 saturated carbocycles. The molecular weight excluding hydrogens is 412 g/mol. The lowest BCUT2D eigenvalue weighted by molar-refractivity contribution is 0.0730. The van der Waals surface area contributed by atoms with Crippen LogP contribution in [-0.2, 0) is 14.8 Å². The molecule has 0 aromatic heterocycles. The zero-order chi connectivity index (χ0) is 21.6. The molecule has 0 unspecified atom stereocenters. The van der Waals surface area contributed by atoms with Crippen molar-refractivity contribution in [2.24, 2.45) is 5.92 Å². The van der Waals surface area contributed by atoms with E-state index in [1.165, 1.54) is 15.4 Å². The van der Waals surface area contributed by atoms with Gasteiger partial charge in [-0.15, -0.1) is 0 Å². The van der Waals surface area contributed by atoms with Crippen LogP contribution in [0.3, 0.4) is 0 Å². The predicted octanol–water partition coefficient (Wildman–Crippen LogP) is 3.85. The Hall–Kier alpha value is -2.35. The van der Waals surface area contributed by atoms with Gasteiger partial charge in [-0.1, -0.05) is 30.4 Å². The van der Waals surface area contributed by atoms with Crippen molar-refractivity contribution in [1.29, 1.82) is 0 Å². The molecule has 7 heteroatoms. The van der Waals surface area contributed by atoms with Gasteiger partial charge < -0.3 is 14.8 Å². The first kappa shape index (κ1) is 20.5. The Morgan fingerprint density at radius 2 is 1.84 bits per heavy atom. The van der Waals surface area contributed by atoms with Crippen LogP contribution < -0.4 is 10.1 Å². The average Bonchev–Trinajstić information content (AvgIpc) is 3.29. The van der Waals surface area contributed by atoms with E-state index in [4.69, 9.17) is 9.47 Å². The molecule has 3 aliphatic rings. The van der Waals surface area contributed by atoms with Crippen LogP contribution in [0, 0.1) is 12.8 Å². The minimum absolute atomic E-state index is 0.0864. The summed E-state index contributed by atoms with van der Waals surface area (Å²) < 4.78 is 38.4. The number of morpholine rings is 1. The van der Waals surface area contributed by atoms with Crippen molar-refractivity contribution in [3.05, 3.63) is 65.2 Å². The van der Waals surface area contributed by atoms with E-state index in [-0.39, 0.29) is 6.04 Å². The van der Waals surface area contributed by atoms with Gasteiger partial charge in [0.25, 0.3) is 0 Å². The summed E-state index contributed by atoms with van der Waals surface area (Å²) in [6.45, 7) is 3.84. The molecular formula is C24H28N2O4S. The highest BCUT2D eigenvalue weighted by atomic mass is 32.2.